The van der Waals surface area contributed by atoms with E-state index in [9.17, 15) is 5.11 Å². The van der Waals surface area contributed by atoms with Crippen LogP contribution >= 0.6 is 11.3 Å². The molecule has 2 heterocycles. The number of hydrogen-bond donors (Lipinski definition) is 2. The molecular formula is C14H21N3OS. The number of nitrogens with zero attached hydrogens (tertiary/aromatic N) is 2. The lowest BCUT2D eigenvalue weighted by molar-refractivity contribution is 0.120. The van der Waals surface area contributed by atoms with Crippen LogP contribution < -0.4 is 5.32 Å². The van der Waals surface area contributed by atoms with Crippen molar-refractivity contribution in [3.05, 3.63) is 16.8 Å². The van der Waals surface area contributed by atoms with Crippen LogP contribution in [0.3, 0.4) is 0 Å². The number of hydrogen-bond acceptors (Lipinski definition) is 5. The normalized spacial score (nSPS) is 13.2. The van der Waals surface area contributed by atoms with E-state index in [1.807, 2.05) is 20.8 Å². The van der Waals surface area contributed by atoms with Gasteiger partial charge in [-0.05, 0) is 37.1 Å². The van der Waals surface area contributed by atoms with E-state index in [4.69, 9.17) is 0 Å². The van der Waals surface area contributed by atoms with Gasteiger partial charge in [0.15, 0.2) is 0 Å². The molecule has 0 fully saturated rings. The van der Waals surface area contributed by atoms with Gasteiger partial charge in [-0.15, -0.1) is 11.3 Å². The fourth-order valence-electron chi connectivity index (χ4n) is 1.99. The minimum absolute atomic E-state index is 0.269. The number of fused-ring (bicyclic) bond motifs is 1. The van der Waals surface area contributed by atoms with Crippen LogP contribution in [0.1, 0.15) is 31.7 Å². The Kier molecular flexibility index (Phi) is 4.37. The number of aryl methyl sites for hydroxylation is 2. The van der Waals surface area contributed by atoms with Crippen molar-refractivity contribution < 1.29 is 5.11 Å². The smallest absolute Gasteiger partial charge is 0.138 e. The monoisotopic (exact) mass is 279 g/mol. The Balaban J connectivity index is 2.14. The Morgan fingerprint density at radius 3 is 2.74 bits per heavy atom. The van der Waals surface area contributed by atoms with Gasteiger partial charge in [0.25, 0.3) is 0 Å². The van der Waals surface area contributed by atoms with Crippen molar-refractivity contribution in [3.63, 3.8) is 0 Å². The molecule has 104 valence electrons. The van der Waals surface area contributed by atoms with Crippen LogP contribution in [0.2, 0.25) is 0 Å². The molecule has 2 aromatic heterocycles. The molecule has 0 aliphatic rings. The Hall–Kier alpha value is -1.20. The first-order chi connectivity index (χ1) is 8.99. The van der Waals surface area contributed by atoms with Gasteiger partial charge < -0.3 is 10.4 Å². The van der Waals surface area contributed by atoms with E-state index in [0.717, 1.165) is 34.8 Å². The Bertz CT molecular complexity index is 565. The third kappa shape index (κ3) is 3.22. The Morgan fingerprint density at radius 2 is 2.05 bits per heavy atom. The number of aliphatic hydroxyl groups is 1. The zero-order chi connectivity index (χ0) is 14.0. The predicted molar refractivity (Wildman–Crippen MR) is 80.8 cm³/mol. The highest BCUT2D eigenvalue weighted by atomic mass is 32.1. The van der Waals surface area contributed by atoms with Crippen molar-refractivity contribution >= 4 is 27.4 Å². The van der Waals surface area contributed by atoms with E-state index in [1.165, 1.54) is 5.56 Å². The topological polar surface area (TPSA) is 58.0 Å². The van der Waals surface area contributed by atoms with Gasteiger partial charge in [0.1, 0.15) is 16.5 Å². The predicted octanol–water partition coefficient (Wildman–Crippen LogP) is 3.13. The maximum atomic E-state index is 9.82. The van der Waals surface area contributed by atoms with Gasteiger partial charge in [-0.3, -0.25) is 0 Å². The quantitative estimate of drug-likeness (QED) is 0.883. The van der Waals surface area contributed by atoms with E-state index < -0.39 is 0 Å². The summed E-state index contributed by atoms with van der Waals surface area (Å²) in [6.07, 6.45) is 0.459. The van der Waals surface area contributed by atoms with Crippen LogP contribution in [0, 0.1) is 19.8 Å². The fourth-order valence-corrected chi connectivity index (χ4v) is 2.96. The van der Waals surface area contributed by atoms with Crippen molar-refractivity contribution in [3.8, 4) is 0 Å². The molecule has 0 saturated heterocycles. The lowest BCUT2D eigenvalue weighted by atomic mass is 10.0. The summed E-state index contributed by atoms with van der Waals surface area (Å²) in [7, 11) is 0. The van der Waals surface area contributed by atoms with Gasteiger partial charge >= 0.3 is 0 Å². The van der Waals surface area contributed by atoms with E-state index in [0.29, 0.717) is 0 Å². The second-order valence-corrected chi connectivity index (χ2v) is 6.10. The molecule has 4 nitrogen and oxygen atoms in total. The fraction of sp³-hybridized carbons (Fsp3) is 0.571. The second kappa shape index (κ2) is 5.84. The van der Waals surface area contributed by atoms with Gasteiger partial charge in [0.2, 0.25) is 0 Å². The summed E-state index contributed by atoms with van der Waals surface area (Å²) in [4.78, 5) is 9.95. The lowest BCUT2D eigenvalue weighted by Gasteiger charge is -2.15. The second-order valence-electron chi connectivity index (χ2n) is 5.25. The number of anilines is 1. The van der Waals surface area contributed by atoms with Crippen LogP contribution in [0.4, 0.5) is 5.82 Å². The van der Waals surface area contributed by atoms with E-state index in [-0.39, 0.29) is 12.0 Å². The molecule has 0 amide bonds. The summed E-state index contributed by atoms with van der Waals surface area (Å²) in [5.41, 5.74) is 1.20. The molecule has 0 saturated carbocycles. The van der Waals surface area contributed by atoms with Crippen LogP contribution in [0.15, 0.2) is 5.38 Å². The SMILES string of the molecule is Cc1nc(NCCC(O)C(C)C)c2c(C)csc2n1. The third-order valence-electron chi connectivity index (χ3n) is 3.23. The number of aromatic nitrogens is 2. The van der Waals surface area contributed by atoms with Crippen molar-refractivity contribution in [1.29, 1.82) is 0 Å². The number of thiophene rings is 1. The molecule has 0 aliphatic heterocycles. The van der Waals surface area contributed by atoms with Gasteiger partial charge in [-0.2, -0.15) is 0 Å². The molecule has 0 aliphatic carbocycles. The standard InChI is InChI=1S/C14H21N3OS/c1-8(2)11(18)5-6-15-13-12-9(3)7-19-14(12)17-10(4)16-13/h7-8,11,18H,5-6H2,1-4H3,(H,15,16,17). The molecule has 1 unspecified atom stereocenters. The van der Waals surface area contributed by atoms with E-state index >= 15 is 0 Å². The van der Waals surface area contributed by atoms with Crippen molar-refractivity contribution in [2.24, 2.45) is 5.92 Å². The molecule has 2 N–H and O–H groups in total. The van der Waals surface area contributed by atoms with E-state index in [2.05, 4.69) is 27.6 Å². The summed E-state index contributed by atoms with van der Waals surface area (Å²) >= 11 is 1.65. The van der Waals surface area contributed by atoms with Crippen molar-refractivity contribution in [1.82, 2.24) is 9.97 Å². The van der Waals surface area contributed by atoms with Crippen LogP contribution in [-0.2, 0) is 0 Å². The first-order valence-corrected chi connectivity index (χ1v) is 7.51. The first kappa shape index (κ1) is 14.2. The van der Waals surface area contributed by atoms with Crippen LogP contribution in [0.5, 0.6) is 0 Å². The summed E-state index contributed by atoms with van der Waals surface area (Å²) in [5.74, 6) is 1.95. The maximum Gasteiger partial charge on any atom is 0.138 e. The number of aliphatic hydroxyl groups excluding tert-OH is 1. The minimum atomic E-state index is -0.269. The average Bonchev–Trinajstić information content (AvgIpc) is 2.70. The molecule has 5 heteroatoms. The zero-order valence-corrected chi connectivity index (χ0v) is 12.7. The van der Waals surface area contributed by atoms with Crippen LogP contribution in [0.25, 0.3) is 10.2 Å². The van der Waals surface area contributed by atoms with Crippen LogP contribution in [-0.4, -0.2) is 27.7 Å². The molecule has 1 atom stereocenters. The lowest BCUT2D eigenvalue weighted by Crippen LogP contribution is -2.19. The average molecular weight is 279 g/mol. The summed E-state index contributed by atoms with van der Waals surface area (Å²) < 4.78 is 0. The number of nitrogens with one attached hydrogen (secondary N) is 1. The molecule has 2 aromatic rings. The van der Waals surface area contributed by atoms with Gasteiger partial charge in [0, 0.05) is 6.54 Å². The number of rotatable bonds is 5. The summed E-state index contributed by atoms with van der Waals surface area (Å²) in [6.45, 7) is 8.76. The minimum Gasteiger partial charge on any atom is -0.393 e. The third-order valence-corrected chi connectivity index (χ3v) is 4.22. The zero-order valence-electron chi connectivity index (χ0n) is 11.9. The van der Waals surface area contributed by atoms with Crippen molar-refractivity contribution in [2.75, 3.05) is 11.9 Å². The highest BCUT2D eigenvalue weighted by Gasteiger charge is 2.12. The van der Waals surface area contributed by atoms with Gasteiger partial charge in [-0.25, -0.2) is 9.97 Å². The Labute approximate surface area is 117 Å². The molecule has 0 aromatic carbocycles. The van der Waals surface area contributed by atoms with Gasteiger partial charge in [0.05, 0.1) is 11.5 Å². The molecule has 0 spiro atoms. The highest BCUT2D eigenvalue weighted by molar-refractivity contribution is 7.17. The van der Waals surface area contributed by atoms with E-state index in [1.54, 1.807) is 11.3 Å². The summed E-state index contributed by atoms with van der Waals surface area (Å²) in [6, 6.07) is 0. The summed E-state index contributed by atoms with van der Waals surface area (Å²) in [5, 5.41) is 16.4. The molecule has 2 rings (SSSR count). The maximum absolute atomic E-state index is 9.82. The largest absolute Gasteiger partial charge is 0.393 e. The van der Waals surface area contributed by atoms with Crippen molar-refractivity contribution in [2.45, 2.75) is 40.2 Å². The molecule has 19 heavy (non-hydrogen) atoms. The molecule has 0 bridgehead atoms. The highest BCUT2D eigenvalue weighted by Crippen LogP contribution is 2.29. The Morgan fingerprint density at radius 1 is 1.32 bits per heavy atom. The molecule has 0 radical (unpaired) electrons. The molecular weight excluding hydrogens is 258 g/mol. The first-order valence-electron chi connectivity index (χ1n) is 6.63. The van der Waals surface area contributed by atoms with Gasteiger partial charge in [-0.1, -0.05) is 13.8 Å².